The molecule has 0 aromatic carbocycles. The van der Waals surface area contributed by atoms with Gasteiger partial charge in [-0.15, -0.1) is 0 Å². The molecule has 0 aromatic heterocycles. The third-order valence-electron chi connectivity index (χ3n) is 3.15. The highest BCUT2D eigenvalue weighted by atomic mass is 16.6. The van der Waals surface area contributed by atoms with E-state index in [1.165, 1.54) is 0 Å². The molecule has 2 rings (SSSR count). The first-order valence-corrected chi connectivity index (χ1v) is 6.05. The van der Waals surface area contributed by atoms with Crippen LogP contribution < -0.4 is 5.32 Å². The molecule has 1 aliphatic heterocycles. The van der Waals surface area contributed by atoms with E-state index in [-0.39, 0.29) is 18.0 Å². The van der Waals surface area contributed by atoms with Crippen LogP contribution in [0, 0.1) is 5.92 Å². The van der Waals surface area contributed by atoms with E-state index in [1.54, 1.807) is 0 Å². The molecular formula is C12H16N2O4. The number of nitrogens with zero attached hydrogens (tertiary/aromatic N) is 1. The Morgan fingerprint density at radius 3 is 2.94 bits per heavy atom. The highest BCUT2D eigenvalue weighted by molar-refractivity contribution is 6.36. The van der Waals surface area contributed by atoms with Crippen LogP contribution in [0.25, 0.3) is 0 Å². The minimum atomic E-state index is -1.14. The number of carboxylic acids is 1. The molecule has 0 saturated carbocycles. The number of aliphatic carboxylic acids is 1. The van der Waals surface area contributed by atoms with E-state index in [9.17, 15) is 9.59 Å². The molecule has 0 bridgehead atoms. The summed E-state index contributed by atoms with van der Waals surface area (Å²) in [6.45, 7) is 0.603. The third-order valence-corrected chi connectivity index (χ3v) is 3.15. The second-order valence-corrected chi connectivity index (χ2v) is 4.54. The van der Waals surface area contributed by atoms with Crippen molar-refractivity contribution in [1.82, 2.24) is 5.32 Å². The fourth-order valence-corrected chi connectivity index (χ4v) is 2.04. The average molecular weight is 252 g/mol. The average Bonchev–Trinajstić information content (AvgIpc) is 2.87. The molecule has 0 saturated heterocycles. The smallest absolute Gasteiger partial charge is 0.353 e. The van der Waals surface area contributed by atoms with Crippen molar-refractivity contribution in [2.45, 2.75) is 31.8 Å². The topological polar surface area (TPSA) is 88.0 Å². The van der Waals surface area contributed by atoms with Gasteiger partial charge in [-0.2, -0.15) is 0 Å². The molecule has 2 unspecified atom stereocenters. The van der Waals surface area contributed by atoms with Gasteiger partial charge in [-0.1, -0.05) is 17.3 Å². The maximum absolute atomic E-state index is 11.7. The lowest BCUT2D eigenvalue weighted by Gasteiger charge is -2.18. The molecule has 6 heteroatoms. The number of carboxylic acid groups (broad SMARTS) is 1. The van der Waals surface area contributed by atoms with Gasteiger partial charge in [-0.3, -0.25) is 4.79 Å². The van der Waals surface area contributed by atoms with Crippen LogP contribution in [0.5, 0.6) is 0 Å². The Hall–Kier alpha value is -1.85. The molecule has 2 aliphatic rings. The van der Waals surface area contributed by atoms with E-state index in [1.807, 2.05) is 0 Å². The van der Waals surface area contributed by atoms with E-state index in [0.29, 0.717) is 12.5 Å². The second kappa shape index (κ2) is 5.66. The van der Waals surface area contributed by atoms with Crippen LogP contribution in [0.15, 0.2) is 17.3 Å². The summed E-state index contributed by atoms with van der Waals surface area (Å²) < 4.78 is 0. The lowest BCUT2D eigenvalue weighted by Crippen LogP contribution is -2.38. The van der Waals surface area contributed by atoms with Gasteiger partial charge in [-0.05, 0) is 25.2 Å². The van der Waals surface area contributed by atoms with Crippen LogP contribution >= 0.6 is 0 Å². The molecule has 18 heavy (non-hydrogen) atoms. The van der Waals surface area contributed by atoms with Gasteiger partial charge in [0.05, 0.1) is 0 Å². The highest BCUT2D eigenvalue weighted by Gasteiger charge is 2.31. The molecule has 1 heterocycles. The molecular weight excluding hydrogens is 236 g/mol. The Labute approximate surface area is 105 Å². The van der Waals surface area contributed by atoms with Gasteiger partial charge >= 0.3 is 5.97 Å². The van der Waals surface area contributed by atoms with Crippen molar-refractivity contribution >= 4 is 17.6 Å². The van der Waals surface area contributed by atoms with E-state index in [2.05, 4.69) is 22.6 Å². The van der Waals surface area contributed by atoms with E-state index in [0.717, 1.165) is 19.3 Å². The zero-order valence-electron chi connectivity index (χ0n) is 9.96. The molecule has 2 atom stereocenters. The summed E-state index contributed by atoms with van der Waals surface area (Å²) in [5.41, 5.74) is -0.101. The first kappa shape index (κ1) is 12.6. The number of allylic oxidation sites excluding steroid dienone is 2. The number of carbonyl (C=O) groups excluding carboxylic acids is 1. The first-order valence-electron chi connectivity index (χ1n) is 6.05. The number of oxime groups is 1. The van der Waals surface area contributed by atoms with Crippen molar-refractivity contribution in [3.63, 3.8) is 0 Å². The van der Waals surface area contributed by atoms with Crippen molar-refractivity contribution in [3.05, 3.63) is 12.2 Å². The van der Waals surface area contributed by atoms with Gasteiger partial charge in [0.2, 0.25) is 6.10 Å². The molecule has 1 aliphatic carbocycles. The lowest BCUT2D eigenvalue weighted by molar-refractivity contribution is -0.131. The van der Waals surface area contributed by atoms with Crippen LogP contribution in [-0.4, -0.2) is 35.3 Å². The summed E-state index contributed by atoms with van der Waals surface area (Å²) in [6.07, 6.45) is 6.60. The quantitative estimate of drug-likeness (QED) is 0.720. The zero-order chi connectivity index (χ0) is 13.0. The Balaban J connectivity index is 1.73. The Bertz CT molecular complexity index is 403. The first-order chi connectivity index (χ1) is 8.66. The largest absolute Gasteiger partial charge is 0.477 e. The van der Waals surface area contributed by atoms with Crippen LogP contribution in [0.1, 0.15) is 25.7 Å². The maximum atomic E-state index is 11.7. The molecule has 0 aromatic rings. The number of amides is 1. The van der Waals surface area contributed by atoms with Gasteiger partial charge in [0.1, 0.15) is 0 Å². The van der Waals surface area contributed by atoms with Gasteiger partial charge < -0.3 is 15.3 Å². The standard InChI is InChI=1S/C12H16N2O4/c15-11(10-6-9(12(16)17)14-18-10)13-7-8-4-2-1-3-5-8/h1-2,8,10H,3-7H2,(H,13,15)(H,16,17). The van der Waals surface area contributed by atoms with Gasteiger partial charge in [-0.25, -0.2) is 4.79 Å². The Morgan fingerprint density at radius 1 is 1.50 bits per heavy atom. The number of nitrogens with one attached hydrogen (secondary N) is 1. The number of rotatable bonds is 4. The normalized spacial score (nSPS) is 26.3. The SMILES string of the molecule is O=C(O)C1=NOC(C(=O)NCC2CC=CCC2)C1. The predicted octanol–water partition coefficient (Wildman–Crippen LogP) is 0.688. The van der Waals surface area contributed by atoms with Crippen molar-refractivity contribution in [2.75, 3.05) is 6.54 Å². The fourth-order valence-electron chi connectivity index (χ4n) is 2.04. The molecule has 0 fully saturated rings. The summed E-state index contributed by atoms with van der Waals surface area (Å²) in [4.78, 5) is 27.2. The molecule has 6 nitrogen and oxygen atoms in total. The van der Waals surface area contributed by atoms with Crippen LogP contribution in [0.2, 0.25) is 0 Å². The highest BCUT2D eigenvalue weighted by Crippen LogP contribution is 2.17. The molecule has 2 N–H and O–H groups in total. The zero-order valence-corrected chi connectivity index (χ0v) is 9.96. The van der Waals surface area contributed by atoms with Crippen molar-refractivity contribution in [3.8, 4) is 0 Å². The number of hydrogen-bond acceptors (Lipinski definition) is 4. The Kier molecular flexibility index (Phi) is 3.96. The summed E-state index contributed by atoms with van der Waals surface area (Å²) in [6, 6.07) is 0. The molecule has 0 radical (unpaired) electrons. The van der Waals surface area contributed by atoms with Crippen LogP contribution in [0.3, 0.4) is 0 Å². The number of hydrogen-bond donors (Lipinski definition) is 2. The molecule has 98 valence electrons. The van der Waals surface area contributed by atoms with Crippen molar-refractivity contribution in [2.24, 2.45) is 11.1 Å². The summed E-state index contributed by atoms with van der Waals surface area (Å²) in [7, 11) is 0. The van der Waals surface area contributed by atoms with Gasteiger partial charge in [0.25, 0.3) is 5.91 Å². The monoisotopic (exact) mass is 252 g/mol. The van der Waals surface area contributed by atoms with Gasteiger partial charge in [0, 0.05) is 13.0 Å². The minimum absolute atomic E-state index is 0.0335. The number of carbonyl (C=O) groups is 2. The lowest BCUT2D eigenvalue weighted by atomic mass is 9.94. The Morgan fingerprint density at radius 2 is 2.33 bits per heavy atom. The fraction of sp³-hybridized carbons (Fsp3) is 0.583. The summed E-state index contributed by atoms with van der Waals surface area (Å²) in [5, 5.41) is 14.9. The molecule has 0 spiro atoms. The van der Waals surface area contributed by atoms with Crippen LogP contribution in [-0.2, 0) is 14.4 Å². The molecule has 1 amide bonds. The maximum Gasteiger partial charge on any atom is 0.353 e. The minimum Gasteiger partial charge on any atom is -0.477 e. The summed E-state index contributed by atoms with van der Waals surface area (Å²) >= 11 is 0. The van der Waals surface area contributed by atoms with E-state index in [4.69, 9.17) is 9.94 Å². The van der Waals surface area contributed by atoms with Crippen molar-refractivity contribution in [1.29, 1.82) is 0 Å². The summed E-state index contributed by atoms with van der Waals surface area (Å²) in [5.74, 6) is -0.965. The second-order valence-electron chi connectivity index (χ2n) is 4.54. The van der Waals surface area contributed by atoms with E-state index >= 15 is 0 Å². The van der Waals surface area contributed by atoms with Crippen molar-refractivity contribution < 1.29 is 19.5 Å². The third kappa shape index (κ3) is 3.09. The van der Waals surface area contributed by atoms with E-state index < -0.39 is 12.1 Å². The van der Waals surface area contributed by atoms with Gasteiger partial charge in [0.15, 0.2) is 5.71 Å². The predicted molar refractivity (Wildman–Crippen MR) is 64.1 cm³/mol. The van der Waals surface area contributed by atoms with Crippen LogP contribution in [0.4, 0.5) is 0 Å².